The minimum absolute atomic E-state index is 0.0880. The highest BCUT2D eigenvalue weighted by Crippen LogP contribution is 2.38. The van der Waals surface area contributed by atoms with Gasteiger partial charge in [-0.05, 0) is 48.2 Å². The lowest BCUT2D eigenvalue weighted by molar-refractivity contribution is 0.566. The van der Waals surface area contributed by atoms with E-state index in [0.29, 0.717) is 16.6 Å². The summed E-state index contributed by atoms with van der Waals surface area (Å²) in [5.74, 6) is 0.606. The molecule has 1 aliphatic rings. The smallest absolute Gasteiger partial charge is 0.277 e. The van der Waals surface area contributed by atoms with Gasteiger partial charge in [-0.2, -0.15) is 0 Å². The molecule has 0 spiro atoms. The van der Waals surface area contributed by atoms with Gasteiger partial charge in [0.15, 0.2) is 0 Å². The summed E-state index contributed by atoms with van der Waals surface area (Å²) in [7, 11) is 0. The topological polar surface area (TPSA) is 39.8 Å². The van der Waals surface area contributed by atoms with E-state index >= 15 is 0 Å². The molecule has 6 heteroatoms. The molecule has 0 amide bonds. The van der Waals surface area contributed by atoms with Crippen molar-refractivity contribution in [2.45, 2.75) is 38.8 Å². The number of nitrogens with zero attached hydrogens (tertiary/aromatic N) is 3. The van der Waals surface area contributed by atoms with Gasteiger partial charge in [-0.25, -0.2) is 9.37 Å². The highest BCUT2D eigenvalue weighted by atomic mass is 79.9. The lowest BCUT2D eigenvalue weighted by Crippen LogP contribution is -2.24. The van der Waals surface area contributed by atoms with Crippen molar-refractivity contribution in [3.63, 3.8) is 0 Å². The maximum Gasteiger partial charge on any atom is 0.277 e. The van der Waals surface area contributed by atoms with Crippen LogP contribution in [-0.4, -0.2) is 14.1 Å². The first kappa shape index (κ1) is 19.2. The van der Waals surface area contributed by atoms with Gasteiger partial charge >= 0.3 is 0 Å². The Morgan fingerprint density at radius 3 is 2.83 bits per heavy atom. The van der Waals surface area contributed by atoms with Crippen molar-refractivity contribution >= 4 is 27.0 Å². The molecule has 2 heterocycles. The average Bonchev–Trinajstić information content (AvgIpc) is 3.32. The van der Waals surface area contributed by atoms with E-state index < -0.39 is 0 Å². The maximum atomic E-state index is 14.2. The van der Waals surface area contributed by atoms with Gasteiger partial charge in [0, 0.05) is 22.7 Å². The standard InChI is InChI=1S/C24H21BrFN3O/c1-2-22-27-20-11-12-28(14-16-5-3-4-6-19(16)26)24(30)23(20)29(22)21-10-7-15-13-17(25)8-9-18(15)21/h3-6,8-9,11-13,21H,2,7,10,14H2,1H3/t21-/m0/s1. The molecule has 0 N–H and O–H groups in total. The van der Waals surface area contributed by atoms with Gasteiger partial charge in [0.05, 0.1) is 18.1 Å². The molecule has 0 unspecified atom stereocenters. The van der Waals surface area contributed by atoms with E-state index in [1.54, 1.807) is 29.0 Å². The molecule has 152 valence electrons. The maximum absolute atomic E-state index is 14.2. The molecule has 5 rings (SSSR count). The Morgan fingerprint density at radius 2 is 2.03 bits per heavy atom. The molecular formula is C24H21BrFN3O. The number of rotatable bonds is 4. The number of imidazole rings is 1. The van der Waals surface area contributed by atoms with Gasteiger partial charge in [0.1, 0.15) is 17.2 Å². The molecule has 0 radical (unpaired) electrons. The summed E-state index contributed by atoms with van der Waals surface area (Å²) in [4.78, 5) is 18.2. The third-order valence-electron chi connectivity index (χ3n) is 5.96. The third kappa shape index (κ3) is 3.10. The van der Waals surface area contributed by atoms with Crippen LogP contribution in [0.5, 0.6) is 0 Å². The van der Waals surface area contributed by atoms with Gasteiger partial charge in [-0.1, -0.05) is 47.1 Å². The van der Waals surface area contributed by atoms with Crippen molar-refractivity contribution in [3.8, 4) is 0 Å². The van der Waals surface area contributed by atoms with E-state index in [1.807, 2.05) is 6.07 Å². The molecular weight excluding hydrogens is 445 g/mol. The van der Waals surface area contributed by atoms with Crippen molar-refractivity contribution in [2.75, 3.05) is 0 Å². The lowest BCUT2D eigenvalue weighted by Gasteiger charge is -2.18. The number of hydrogen-bond acceptors (Lipinski definition) is 2. The fourth-order valence-corrected chi connectivity index (χ4v) is 4.95. The van der Waals surface area contributed by atoms with Crippen LogP contribution in [0, 0.1) is 5.82 Å². The van der Waals surface area contributed by atoms with E-state index in [4.69, 9.17) is 4.98 Å². The number of pyridine rings is 1. The second-order valence-electron chi connectivity index (χ2n) is 7.72. The fourth-order valence-electron chi connectivity index (χ4n) is 4.54. The number of fused-ring (bicyclic) bond motifs is 2. The van der Waals surface area contributed by atoms with E-state index in [0.717, 1.165) is 29.6 Å². The van der Waals surface area contributed by atoms with Gasteiger partial charge < -0.3 is 9.13 Å². The summed E-state index contributed by atoms with van der Waals surface area (Å²) in [6, 6.07) is 14.9. The van der Waals surface area contributed by atoms with Crippen LogP contribution in [-0.2, 0) is 19.4 Å². The number of aromatic nitrogens is 3. The first-order valence-electron chi connectivity index (χ1n) is 10.2. The van der Waals surface area contributed by atoms with Crippen LogP contribution in [0.1, 0.15) is 41.9 Å². The van der Waals surface area contributed by atoms with E-state index in [-0.39, 0.29) is 24.0 Å². The Kier molecular flexibility index (Phi) is 4.82. The molecule has 30 heavy (non-hydrogen) atoms. The summed E-state index contributed by atoms with van der Waals surface area (Å²) in [5, 5.41) is 0. The SMILES string of the molecule is CCc1nc2ccn(Cc3ccccc3F)c(=O)c2n1[C@H]1CCc2cc(Br)ccc21. The van der Waals surface area contributed by atoms with Crippen LogP contribution in [0.3, 0.4) is 0 Å². The predicted molar refractivity (Wildman–Crippen MR) is 119 cm³/mol. The number of benzene rings is 2. The Balaban J connectivity index is 1.67. The Morgan fingerprint density at radius 1 is 1.20 bits per heavy atom. The van der Waals surface area contributed by atoms with E-state index in [1.165, 1.54) is 17.2 Å². The molecule has 0 saturated heterocycles. The molecule has 4 nitrogen and oxygen atoms in total. The summed E-state index contributed by atoms with van der Waals surface area (Å²) in [5.41, 5.74) is 4.22. The summed E-state index contributed by atoms with van der Waals surface area (Å²) < 4.78 is 18.9. The highest BCUT2D eigenvalue weighted by Gasteiger charge is 2.28. The van der Waals surface area contributed by atoms with Gasteiger partial charge in [0.25, 0.3) is 5.56 Å². The molecule has 0 bridgehead atoms. The molecule has 1 atom stereocenters. The monoisotopic (exact) mass is 465 g/mol. The summed E-state index contributed by atoms with van der Waals surface area (Å²) >= 11 is 3.56. The van der Waals surface area contributed by atoms with Gasteiger partial charge in [-0.3, -0.25) is 4.79 Å². The zero-order valence-corrected chi connectivity index (χ0v) is 18.2. The average molecular weight is 466 g/mol. The number of halogens is 2. The second-order valence-corrected chi connectivity index (χ2v) is 8.64. The molecule has 0 saturated carbocycles. The Bertz CT molecular complexity index is 1320. The van der Waals surface area contributed by atoms with Crippen molar-refractivity contribution < 1.29 is 4.39 Å². The van der Waals surface area contributed by atoms with Crippen molar-refractivity contribution in [3.05, 3.63) is 97.9 Å². The largest absolute Gasteiger partial charge is 0.316 e. The third-order valence-corrected chi connectivity index (χ3v) is 6.46. The van der Waals surface area contributed by atoms with Gasteiger partial charge in [0.2, 0.25) is 0 Å². The zero-order valence-electron chi connectivity index (χ0n) is 16.6. The van der Waals surface area contributed by atoms with Crippen LogP contribution in [0.15, 0.2) is 64.0 Å². The van der Waals surface area contributed by atoms with Gasteiger partial charge in [-0.15, -0.1) is 0 Å². The zero-order chi connectivity index (χ0) is 20.8. The van der Waals surface area contributed by atoms with E-state index in [2.05, 4.69) is 45.6 Å². The normalized spacial score (nSPS) is 15.6. The number of hydrogen-bond donors (Lipinski definition) is 0. The van der Waals surface area contributed by atoms with Crippen LogP contribution in [0.25, 0.3) is 11.0 Å². The summed E-state index contributed by atoms with van der Waals surface area (Å²) in [6.45, 7) is 2.26. The first-order valence-corrected chi connectivity index (χ1v) is 11.0. The van der Waals surface area contributed by atoms with E-state index in [9.17, 15) is 9.18 Å². The Labute approximate surface area is 182 Å². The van der Waals surface area contributed by atoms with Crippen molar-refractivity contribution in [2.24, 2.45) is 0 Å². The minimum atomic E-state index is -0.303. The lowest BCUT2D eigenvalue weighted by atomic mass is 10.1. The quantitative estimate of drug-likeness (QED) is 0.413. The molecule has 0 aliphatic heterocycles. The van der Waals surface area contributed by atoms with Crippen LogP contribution in [0.2, 0.25) is 0 Å². The first-order chi connectivity index (χ1) is 14.6. The minimum Gasteiger partial charge on any atom is -0.316 e. The molecule has 2 aromatic heterocycles. The van der Waals surface area contributed by atoms with Crippen LogP contribution in [0.4, 0.5) is 4.39 Å². The van der Waals surface area contributed by atoms with Crippen LogP contribution >= 0.6 is 15.9 Å². The fraction of sp³-hybridized carbons (Fsp3) is 0.250. The van der Waals surface area contributed by atoms with Crippen LogP contribution < -0.4 is 5.56 Å². The molecule has 2 aromatic carbocycles. The molecule has 0 fully saturated rings. The second kappa shape index (κ2) is 7.51. The number of aryl methyl sites for hydroxylation is 2. The molecule has 1 aliphatic carbocycles. The van der Waals surface area contributed by atoms with Crippen molar-refractivity contribution in [1.82, 2.24) is 14.1 Å². The summed E-state index contributed by atoms with van der Waals surface area (Å²) in [6.07, 6.45) is 4.36. The highest BCUT2D eigenvalue weighted by molar-refractivity contribution is 9.10. The molecule has 4 aromatic rings. The predicted octanol–water partition coefficient (Wildman–Crippen LogP) is 5.25. The van der Waals surface area contributed by atoms with Crippen molar-refractivity contribution in [1.29, 1.82) is 0 Å². The Hall–Kier alpha value is -2.73.